The average Bonchev–Trinajstić information content (AvgIpc) is 2.64. The van der Waals surface area contributed by atoms with Gasteiger partial charge in [-0.05, 0) is 59.6 Å². The van der Waals surface area contributed by atoms with Crippen LogP contribution in [0.1, 0.15) is 52.2 Å². The van der Waals surface area contributed by atoms with Crippen LogP contribution in [0.15, 0.2) is 30.3 Å². The Bertz CT molecular complexity index is 954. The van der Waals surface area contributed by atoms with E-state index in [4.69, 9.17) is 19.4 Å². The molecule has 0 amide bonds. The Morgan fingerprint density at radius 1 is 1.06 bits per heavy atom. The van der Waals surface area contributed by atoms with Crippen molar-refractivity contribution < 1.29 is 23.0 Å². The molecule has 0 heterocycles. The number of hydrogen-bond acceptors (Lipinski definition) is 6. The maximum atomic E-state index is 12.7. The molecule has 1 atom stereocenters. The van der Waals surface area contributed by atoms with Crippen LogP contribution in [-0.4, -0.2) is 29.6 Å². The Morgan fingerprint density at radius 2 is 1.75 bits per heavy atom. The molecule has 7 nitrogen and oxygen atoms in total. The number of aromatic hydroxyl groups is 1. The van der Waals surface area contributed by atoms with Crippen molar-refractivity contribution in [1.82, 2.24) is 0 Å². The molecule has 0 radical (unpaired) electrons. The maximum absolute atomic E-state index is 12.7. The zero-order chi connectivity index (χ0) is 24.1. The van der Waals surface area contributed by atoms with Gasteiger partial charge in [-0.3, -0.25) is 4.72 Å². The third kappa shape index (κ3) is 7.31. The van der Waals surface area contributed by atoms with Crippen molar-refractivity contribution in [3.63, 3.8) is 0 Å². The molecule has 2 aromatic rings. The van der Waals surface area contributed by atoms with E-state index in [1.165, 1.54) is 6.07 Å². The van der Waals surface area contributed by atoms with E-state index < -0.39 is 11.3 Å². The highest BCUT2D eigenvalue weighted by Gasteiger charge is 2.29. The van der Waals surface area contributed by atoms with Gasteiger partial charge in [0.25, 0.3) is 0 Å². The summed E-state index contributed by atoms with van der Waals surface area (Å²) in [5.41, 5.74) is 8.64. The van der Waals surface area contributed by atoms with Gasteiger partial charge in [-0.2, -0.15) is 4.21 Å². The summed E-state index contributed by atoms with van der Waals surface area (Å²) < 4.78 is 31.5. The van der Waals surface area contributed by atoms with Gasteiger partial charge in [0.05, 0.1) is 12.3 Å². The lowest BCUT2D eigenvalue weighted by molar-refractivity contribution is 0.145. The minimum Gasteiger partial charge on any atom is -0.506 e. The summed E-state index contributed by atoms with van der Waals surface area (Å²) >= 11 is -1.99. The van der Waals surface area contributed by atoms with E-state index in [2.05, 4.69) is 39.3 Å². The largest absolute Gasteiger partial charge is 0.506 e. The first kappa shape index (κ1) is 25.8. The van der Waals surface area contributed by atoms with Gasteiger partial charge in [0.15, 0.2) is 11.5 Å². The molecule has 0 aliphatic rings. The number of nitrogen functional groups attached to an aromatic ring is 1. The number of methoxy groups -OCH3 is 1. The zero-order valence-electron chi connectivity index (χ0n) is 20.1. The van der Waals surface area contributed by atoms with E-state index in [1.807, 2.05) is 6.92 Å². The Labute approximate surface area is 194 Å². The summed E-state index contributed by atoms with van der Waals surface area (Å²) in [4.78, 5) is 0. The molecule has 2 rings (SSSR count). The second kappa shape index (κ2) is 10.4. The topological polar surface area (TPSA) is 103 Å². The molecule has 0 aliphatic heterocycles. The highest BCUT2D eigenvalue weighted by atomic mass is 32.2. The Hall–Kier alpha value is -2.45. The van der Waals surface area contributed by atoms with E-state index in [0.29, 0.717) is 30.3 Å². The molecule has 2 aromatic carbocycles. The lowest BCUT2D eigenvalue weighted by atomic mass is 9.71. The van der Waals surface area contributed by atoms with E-state index in [0.717, 1.165) is 17.5 Å². The standard InChI is InChI=1S/C24H36N2O5S/c1-16-12-19(20(27)14-18(16)24(5,6)15-23(2,3)4)26-32(28)31-22-13-17(25)8-9-21(22)30-11-10-29-7/h8-9,12-14,26-27H,10-11,15,25H2,1-7H3. The number of hydrogen-bond donors (Lipinski definition) is 3. The second-order valence-corrected chi connectivity index (χ2v) is 10.6. The minimum absolute atomic E-state index is 0.00803. The van der Waals surface area contributed by atoms with Crippen molar-refractivity contribution in [2.45, 2.75) is 53.4 Å². The predicted molar refractivity (Wildman–Crippen MR) is 131 cm³/mol. The van der Waals surface area contributed by atoms with Crippen LogP contribution < -0.4 is 19.4 Å². The molecule has 0 saturated carbocycles. The van der Waals surface area contributed by atoms with Crippen molar-refractivity contribution in [2.75, 3.05) is 30.8 Å². The first-order chi connectivity index (χ1) is 14.8. The van der Waals surface area contributed by atoms with Gasteiger partial charge in [0.1, 0.15) is 12.4 Å². The van der Waals surface area contributed by atoms with Crippen molar-refractivity contribution in [1.29, 1.82) is 0 Å². The normalized spacial score (nSPS) is 13.0. The lowest BCUT2D eigenvalue weighted by Crippen LogP contribution is -2.25. The summed E-state index contributed by atoms with van der Waals surface area (Å²) in [5.74, 6) is 0.630. The third-order valence-corrected chi connectivity index (χ3v) is 5.63. The summed E-state index contributed by atoms with van der Waals surface area (Å²) in [5, 5.41) is 10.6. The maximum Gasteiger partial charge on any atom is 0.316 e. The monoisotopic (exact) mass is 464 g/mol. The number of nitrogens with one attached hydrogen (secondary N) is 1. The van der Waals surface area contributed by atoms with E-state index in [9.17, 15) is 9.32 Å². The van der Waals surface area contributed by atoms with Crippen LogP contribution in [0.25, 0.3) is 0 Å². The highest BCUT2D eigenvalue weighted by Crippen LogP contribution is 2.41. The van der Waals surface area contributed by atoms with Crippen LogP contribution in [0.4, 0.5) is 11.4 Å². The molecular formula is C24H36N2O5S. The molecule has 32 heavy (non-hydrogen) atoms. The first-order valence-corrected chi connectivity index (χ1v) is 11.6. The number of phenols is 1. The number of ether oxygens (including phenoxy) is 2. The SMILES string of the molecule is COCCOc1ccc(N)cc1OS(=O)Nc1cc(C)c(C(C)(C)CC(C)(C)C)cc1O. The fourth-order valence-electron chi connectivity index (χ4n) is 4.06. The number of nitrogens with two attached hydrogens (primary N) is 1. The van der Waals surface area contributed by atoms with Crippen LogP contribution in [0.5, 0.6) is 17.2 Å². The van der Waals surface area contributed by atoms with E-state index in [-0.39, 0.29) is 22.3 Å². The summed E-state index contributed by atoms with van der Waals surface area (Å²) in [6, 6.07) is 8.36. The number of aryl methyl sites for hydroxylation is 1. The van der Waals surface area contributed by atoms with Gasteiger partial charge < -0.3 is 24.5 Å². The smallest absolute Gasteiger partial charge is 0.316 e. The van der Waals surface area contributed by atoms with Crippen LogP contribution in [0, 0.1) is 12.3 Å². The van der Waals surface area contributed by atoms with E-state index in [1.54, 1.807) is 31.4 Å². The fraction of sp³-hybridized carbons (Fsp3) is 0.500. The molecule has 0 saturated heterocycles. The molecule has 8 heteroatoms. The Balaban J connectivity index is 2.19. The van der Waals surface area contributed by atoms with Gasteiger partial charge in [0, 0.05) is 18.9 Å². The van der Waals surface area contributed by atoms with Gasteiger partial charge in [0.2, 0.25) is 0 Å². The van der Waals surface area contributed by atoms with Crippen molar-refractivity contribution >= 4 is 22.6 Å². The van der Waals surface area contributed by atoms with Crippen LogP contribution in [-0.2, 0) is 21.4 Å². The Kier molecular flexibility index (Phi) is 8.42. The molecule has 0 aromatic heterocycles. The average molecular weight is 465 g/mol. The second-order valence-electron chi connectivity index (χ2n) is 9.77. The number of phenolic OH excluding ortho intramolecular Hbond substituents is 1. The molecule has 1 unspecified atom stereocenters. The van der Waals surface area contributed by atoms with Crippen molar-refractivity contribution in [3.8, 4) is 17.2 Å². The quantitative estimate of drug-likeness (QED) is 0.257. The summed E-state index contributed by atoms with van der Waals surface area (Å²) in [7, 11) is 1.58. The molecule has 4 N–H and O–H groups in total. The number of rotatable bonds is 10. The first-order valence-electron chi connectivity index (χ1n) is 10.5. The van der Waals surface area contributed by atoms with Crippen molar-refractivity contribution in [3.05, 3.63) is 41.5 Å². The van der Waals surface area contributed by atoms with Gasteiger partial charge in [-0.25, -0.2) is 0 Å². The molecular weight excluding hydrogens is 428 g/mol. The summed E-state index contributed by atoms with van der Waals surface area (Å²) in [6.07, 6.45) is 0.948. The Morgan fingerprint density at radius 3 is 2.38 bits per heavy atom. The lowest BCUT2D eigenvalue weighted by Gasteiger charge is -2.34. The minimum atomic E-state index is -1.99. The van der Waals surface area contributed by atoms with Gasteiger partial charge in [-0.15, -0.1) is 0 Å². The van der Waals surface area contributed by atoms with Crippen LogP contribution in [0.2, 0.25) is 0 Å². The van der Waals surface area contributed by atoms with Gasteiger partial charge in [-0.1, -0.05) is 34.6 Å². The molecule has 0 fully saturated rings. The molecule has 178 valence electrons. The molecule has 0 aliphatic carbocycles. The fourth-order valence-corrected chi connectivity index (χ4v) is 4.74. The molecule has 0 spiro atoms. The predicted octanol–water partition coefficient (Wildman–Crippen LogP) is 5.09. The third-order valence-electron chi connectivity index (χ3n) is 4.92. The van der Waals surface area contributed by atoms with Crippen LogP contribution >= 0.6 is 0 Å². The van der Waals surface area contributed by atoms with E-state index >= 15 is 0 Å². The highest BCUT2D eigenvalue weighted by molar-refractivity contribution is 7.82. The zero-order valence-corrected chi connectivity index (χ0v) is 20.9. The molecule has 0 bridgehead atoms. The number of benzene rings is 2. The number of anilines is 2. The summed E-state index contributed by atoms with van der Waals surface area (Å²) in [6.45, 7) is 13.6. The van der Waals surface area contributed by atoms with Crippen molar-refractivity contribution in [2.24, 2.45) is 5.41 Å². The van der Waals surface area contributed by atoms with Gasteiger partial charge >= 0.3 is 11.3 Å². The van der Waals surface area contributed by atoms with Crippen LogP contribution in [0.3, 0.4) is 0 Å².